The van der Waals surface area contributed by atoms with Crippen molar-refractivity contribution in [1.29, 1.82) is 0 Å². The van der Waals surface area contributed by atoms with Crippen LogP contribution in [0.1, 0.15) is 30.7 Å². The number of aryl methyl sites for hydroxylation is 1. The Morgan fingerprint density at radius 3 is 2.53 bits per heavy atom. The van der Waals surface area contributed by atoms with E-state index in [0.717, 1.165) is 36.2 Å². The number of oxazole rings is 1. The summed E-state index contributed by atoms with van der Waals surface area (Å²) in [4.78, 5) is 21.0. The smallest absolute Gasteiger partial charge is 0.225 e. The van der Waals surface area contributed by atoms with Crippen LogP contribution in [0, 0.1) is 24.4 Å². The van der Waals surface area contributed by atoms with Crippen LogP contribution in [0.4, 0.5) is 18.9 Å². The van der Waals surface area contributed by atoms with E-state index in [1.807, 2.05) is 18.2 Å². The number of aromatic nitrogens is 1. The lowest BCUT2D eigenvalue weighted by atomic mass is 10.1. The molecule has 2 saturated heterocycles. The molecular formula is C25H24F3N3O3. The highest BCUT2D eigenvalue weighted by molar-refractivity contribution is 5.79. The molecule has 2 aliphatic heterocycles. The number of methoxy groups -OCH3 is 1. The number of hydrogen-bond donors (Lipinski definition) is 0. The van der Waals surface area contributed by atoms with Crippen LogP contribution < -0.4 is 9.64 Å². The highest BCUT2D eigenvalue weighted by atomic mass is 19.2. The Morgan fingerprint density at radius 1 is 1.12 bits per heavy atom. The molecule has 2 atom stereocenters. The third-order valence-electron chi connectivity index (χ3n) is 6.60. The topological polar surface area (TPSA) is 58.8 Å². The molecule has 34 heavy (non-hydrogen) atoms. The van der Waals surface area contributed by atoms with Crippen LogP contribution in [0.5, 0.6) is 5.75 Å². The number of carbonyl (C=O) groups is 1. The summed E-state index contributed by atoms with van der Waals surface area (Å²) < 4.78 is 52.0. The van der Waals surface area contributed by atoms with E-state index < -0.39 is 17.5 Å². The van der Waals surface area contributed by atoms with E-state index >= 15 is 0 Å². The summed E-state index contributed by atoms with van der Waals surface area (Å²) in [5, 5.41) is 0. The number of rotatable bonds is 5. The van der Waals surface area contributed by atoms with Crippen molar-refractivity contribution in [2.24, 2.45) is 0 Å². The average molecular weight is 471 g/mol. The van der Waals surface area contributed by atoms with Gasteiger partial charge in [0.25, 0.3) is 0 Å². The van der Waals surface area contributed by atoms with Crippen LogP contribution in [0.15, 0.2) is 40.9 Å². The monoisotopic (exact) mass is 471 g/mol. The summed E-state index contributed by atoms with van der Waals surface area (Å²) in [6, 6.07) is 7.77. The molecule has 0 radical (unpaired) electrons. The van der Waals surface area contributed by atoms with Gasteiger partial charge in [-0.05, 0) is 42.7 Å². The molecule has 0 spiro atoms. The second-order valence-corrected chi connectivity index (χ2v) is 8.77. The SMILES string of the molecule is COc1cc(N2C3CCC2CN(Cc2cc(F)c(F)c(F)c2)C(=O)C3)ccc1-c1cnc(C)o1. The largest absolute Gasteiger partial charge is 0.496 e. The maximum Gasteiger partial charge on any atom is 0.225 e. The number of amides is 1. The molecule has 1 amide bonds. The molecule has 0 saturated carbocycles. The number of benzene rings is 2. The maximum atomic E-state index is 13.7. The molecule has 2 aromatic carbocycles. The van der Waals surface area contributed by atoms with Crippen molar-refractivity contribution in [2.45, 2.75) is 44.8 Å². The maximum absolute atomic E-state index is 13.7. The fourth-order valence-electron chi connectivity index (χ4n) is 5.05. The molecule has 3 heterocycles. The number of nitrogens with zero attached hydrogens (tertiary/aromatic N) is 3. The van der Waals surface area contributed by atoms with Crippen molar-refractivity contribution in [2.75, 3.05) is 18.6 Å². The van der Waals surface area contributed by atoms with E-state index in [1.54, 1.807) is 25.1 Å². The van der Waals surface area contributed by atoms with Gasteiger partial charge >= 0.3 is 0 Å². The lowest BCUT2D eigenvalue weighted by Gasteiger charge is -2.31. The van der Waals surface area contributed by atoms with E-state index in [0.29, 0.717) is 23.9 Å². The summed E-state index contributed by atoms with van der Waals surface area (Å²) in [5.41, 5.74) is 1.94. The second kappa shape index (κ2) is 8.70. The molecule has 2 unspecified atom stereocenters. The fourth-order valence-corrected chi connectivity index (χ4v) is 5.05. The van der Waals surface area contributed by atoms with E-state index in [-0.39, 0.29) is 36.5 Å². The van der Waals surface area contributed by atoms with Gasteiger partial charge in [0.05, 0.1) is 18.9 Å². The van der Waals surface area contributed by atoms with Crippen molar-refractivity contribution in [3.8, 4) is 17.1 Å². The minimum absolute atomic E-state index is 0.00673. The highest BCUT2D eigenvalue weighted by Crippen LogP contribution is 2.40. The summed E-state index contributed by atoms with van der Waals surface area (Å²) >= 11 is 0. The number of hydrogen-bond acceptors (Lipinski definition) is 5. The van der Waals surface area contributed by atoms with E-state index in [9.17, 15) is 18.0 Å². The van der Waals surface area contributed by atoms with Gasteiger partial charge in [0.1, 0.15) is 5.75 Å². The zero-order chi connectivity index (χ0) is 24.0. The Hall–Kier alpha value is -3.49. The average Bonchev–Trinajstić information content (AvgIpc) is 3.38. The molecule has 9 heteroatoms. The Morgan fingerprint density at radius 2 is 1.85 bits per heavy atom. The molecule has 3 aromatic rings. The van der Waals surface area contributed by atoms with Gasteiger partial charge in [-0.25, -0.2) is 18.2 Å². The minimum atomic E-state index is -1.51. The van der Waals surface area contributed by atoms with Gasteiger partial charge in [-0.15, -0.1) is 0 Å². The Bertz CT molecular complexity index is 1220. The third-order valence-corrected chi connectivity index (χ3v) is 6.60. The molecule has 2 fully saturated rings. The predicted molar refractivity (Wildman–Crippen MR) is 119 cm³/mol. The van der Waals surface area contributed by atoms with E-state index in [4.69, 9.17) is 9.15 Å². The van der Waals surface area contributed by atoms with Crippen LogP contribution in [-0.2, 0) is 11.3 Å². The zero-order valence-corrected chi connectivity index (χ0v) is 18.9. The van der Waals surface area contributed by atoms with Gasteiger partial charge in [-0.1, -0.05) is 0 Å². The summed E-state index contributed by atoms with van der Waals surface area (Å²) in [5.74, 6) is -2.30. The lowest BCUT2D eigenvalue weighted by Crippen LogP contribution is -2.39. The van der Waals surface area contributed by atoms with Gasteiger partial charge in [0, 0.05) is 50.3 Å². The standard InChI is InChI=1S/C25H24F3N3O3/c1-14-29-11-23(34-14)19-6-5-16(9-22(19)33-2)31-17-3-4-18(31)13-30(24(32)10-17)12-15-7-20(26)25(28)21(27)8-15/h5-9,11,17-18H,3-4,10,12-13H2,1-2H3. The second-order valence-electron chi connectivity index (χ2n) is 8.77. The molecular weight excluding hydrogens is 447 g/mol. The number of carbonyl (C=O) groups excluding carboxylic acids is 1. The zero-order valence-electron chi connectivity index (χ0n) is 18.9. The Labute approximate surface area is 194 Å². The summed E-state index contributed by atoms with van der Waals surface area (Å²) in [7, 11) is 1.59. The fraction of sp³-hybridized carbons (Fsp3) is 0.360. The number of likely N-dealkylation sites (tertiary alicyclic amines) is 1. The van der Waals surface area contributed by atoms with Crippen molar-refractivity contribution in [3.05, 3.63) is 65.4 Å². The lowest BCUT2D eigenvalue weighted by molar-refractivity contribution is -0.131. The molecule has 5 rings (SSSR count). The molecule has 0 N–H and O–H groups in total. The van der Waals surface area contributed by atoms with Crippen molar-refractivity contribution in [3.63, 3.8) is 0 Å². The first-order valence-electron chi connectivity index (χ1n) is 11.1. The van der Waals surface area contributed by atoms with Crippen molar-refractivity contribution < 1.29 is 27.1 Å². The predicted octanol–water partition coefficient (Wildman–Crippen LogP) is 4.85. The highest BCUT2D eigenvalue weighted by Gasteiger charge is 2.40. The number of anilines is 1. The van der Waals surface area contributed by atoms with Gasteiger partial charge < -0.3 is 19.0 Å². The van der Waals surface area contributed by atoms with Gasteiger partial charge in [0.2, 0.25) is 5.91 Å². The van der Waals surface area contributed by atoms with Gasteiger partial charge in [-0.3, -0.25) is 4.79 Å². The third kappa shape index (κ3) is 3.99. The van der Waals surface area contributed by atoms with Crippen LogP contribution in [-0.4, -0.2) is 41.5 Å². The molecule has 178 valence electrons. The molecule has 6 nitrogen and oxygen atoms in total. The first kappa shape index (κ1) is 22.3. The number of ether oxygens (including phenoxy) is 1. The van der Waals surface area contributed by atoms with Crippen LogP contribution in [0.3, 0.4) is 0 Å². The van der Waals surface area contributed by atoms with Crippen LogP contribution in [0.25, 0.3) is 11.3 Å². The minimum Gasteiger partial charge on any atom is -0.496 e. The normalized spacial score (nSPS) is 20.1. The van der Waals surface area contributed by atoms with E-state index in [2.05, 4.69) is 9.88 Å². The van der Waals surface area contributed by atoms with Crippen molar-refractivity contribution >= 4 is 11.6 Å². The van der Waals surface area contributed by atoms with Crippen LogP contribution >= 0.6 is 0 Å². The van der Waals surface area contributed by atoms with Gasteiger partial charge in [-0.2, -0.15) is 0 Å². The number of fused-ring (bicyclic) bond motifs is 2. The molecule has 2 aliphatic rings. The first-order chi connectivity index (χ1) is 16.3. The molecule has 0 aliphatic carbocycles. The van der Waals surface area contributed by atoms with Gasteiger partial charge in [0.15, 0.2) is 29.1 Å². The number of halogens is 3. The summed E-state index contributed by atoms with van der Waals surface area (Å²) in [6.45, 7) is 2.20. The Balaban J connectivity index is 1.41. The quantitative estimate of drug-likeness (QED) is 0.498. The molecule has 1 aromatic heterocycles. The van der Waals surface area contributed by atoms with Crippen LogP contribution in [0.2, 0.25) is 0 Å². The Kier molecular flexibility index (Phi) is 5.71. The van der Waals surface area contributed by atoms with Crippen molar-refractivity contribution in [1.82, 2.24) is 9.88 Å². The molecule has 2 bridgehead atoms. The van der Waals surface area contributed by atoms with E-state index in [1.165, 1.54) is 0 Å². The summed E-state index contributed by atoms with van der Waals surface area (Å²) in [6.07, 6.45) is 3.69. The first-order valence-corrected chi connectivity index (χ1v) is 11.1.